The fourth-order valence-electron chi connectivity index (χ4n) is 0.787. The molecule has 1 rings (SSSR count). The van der Waals surface area contributed by atoms with Gasteiger partial charge in [0, 0.05) is 11.3 Å². The van der Waals surface area contributed by atoms with Crippen LogP contribution in [0.3, 0.4) is 0 Å². The zero-order valence-electron chi connectivity index (χ0n) is 7.93. The van der Waals surface area contributed by atoms with Gasteiger partial charge in [-0.1, -0.05) is 12.1 Å². The predicted octanol–water partition coefficient (Wildman–Crippen LogP) is 0.443. The van der Waals surface area contributed by atoms with E-state index in [1.165, 1.54) is 0 Å². The molecule has 0 saturated carbocycles. The highest BCUT2D eigenvalue weighted by Crippen LogP contribution is 2.24. The van der Waals surface area contributed by atoms with Crippen LogP contribution in [0, 0.1) is 0 Å². The molecule has 0 aliphatic carbocycles. The van der Waals surface area contributed by atoms with Gasteiger partial charge in [0.15, 0.2) is 11.5 Å². The molecular formula is C8H12NO4S-. The summed E-state index contributed by atoms with van der Waals surface area (Å²) >= 11 is -2.36. The van der Waals surface area contributed by atoms with Crippen LogP contribution in [0.1, 0.15) is 0 Å². The molecule has 14 heavy (non-hydrogen) atoms. The lowest BCUT2D eigenvalue weighted by Crippen LogP contribution is -1.97. The van der Waals surface area contributed by atoms with Crippen molar-refractivity contribution in [2.24, 2.45) is 5.14 Å². The summed E-state index contributed by atoms with van der Waals surface area (Å²) in [6.07, 6.45) is 0. The van der Waals surface area contributed by atoms with E-state index >= 15 is 0 Å². The summed E-state index contributed by atoms with van der Waals surface area (Å²) < 4.78 is 27.6. The Morgan fingerprint density at radius 2 is 1.50 bits per heavy atom. The highest BCUT2D eigenvalue weighted by Gasteiger charge is 1.97. The first-order chi connectivity index (χ1) is 6.61. The number of benzene rings is 1. The van der Waals surface area contributed by atoms with Crippen molar-refractivity contribution >= 4 is 11.3 Å². The molecule has 80 valence electrons. The summed E-state index contributed by atoms with van der Waals surface area (Å²) in [5.41, 5.74) is 0. The minimum Gasteiger partial charge on any atom is -0.760 e. The number of rotatable bonds is 2. The third-order valence-electron chi connectivity index (χ3n) is 1.29. The van der Waals surface area contributed by atoms with E-state index in [0.29, 0.717) is 0 Å². The highest BCUT2D eigenvalue weighted by atomic mass is 32.2. The molecule has 0 bridgehead atoms. The standard InChI is InChI=1S/C8H10O2.H3NO2S/c1-9-7-5-3-4-6-8(7)10-2;1-4(2)3/h3-6H,1-2H3;1H2,(H,2,3)/p-1. The largest absolute Gasteiger partial charge is 0.760 e. The number of hydrogen-bond donors (Lipinski definition) is 1. The molecule has 0 aliphatic rings. The normalized spacial score (nSPS) is 10.9. The van der Waals surface area contributed by atoms with E-state index in [2.05, 4.69) is 5.14 Å². The smallest absolute Gasteiger partial charge is 0.160 e. The number of methoxy groups -OCH3 is 2. The number of ether oxygens (including phenoxy) is 2. The zero-order chi connectivity index (χ0) is 11.0. The summed E-state index contributed by atoms with van der Waals surface area (Å²) in [4.78, 5) is 0. The molecule has 0 radical (unpaired) electrons. The summed E-state index contributed by atoms with van der Waals surface area (Å²) in [6.45, 7) is 0. The lowest BCUT2D eigenvalue weighted by atomic mass is 10.3. The summed E-state index contributed by atoms with van der Waals surface area (Å²) in [7, 11) is 3.25. The lowest BCUT2D eigenvalue weighted by Gasteiger charge is -2.04. The highest BCUT2D eigenvalue weighted by molar-refractivity contribution is 7.76. The van der Waals surface area contributed by atoms with E-state index < -0.39 is 11.3 Å². The van der Waals surface area contributed by atoms with Gasteiger partial charge in [0.1, 0.15) is 0 Å². The molecule has 0 aliphatic heterocycles. The van der Waals surface area contributed by atoms with Gasteiger partial charge in [-0.3, -0.25) is 9.35 Å². The Morgan fingerprint density at radius 1 is 1.21 bits per heavy atom. The maximum atomic E-state index is 8.78. The van der Waals surface area contributed by atoms with Crippen molar-refractivity contribution in [1.82, 2.24) is 0 Å². The van der Waals surface area contributed by atoms with E-state index in [-0.39, 0.29) is 0 Å². The Kier molecular flexibility index (Phi) is 6.73. The SMILES string of the molecule is COc1ccccc1OC.NS(=O)[O-]. The number of para-hydroxylation sites is 2. The molecule has 5 nitrogen and oxygen atoms in total. The van der Waals surface area contributed by atoms with Gasteiger partial charge in [0.05, 0.1) is 14.2 Å². The fraction of sp³-hybridized carbons (Fsp3) is 0.250. The van der Waals surface area contributed by atoms with Crippen LogP contribution < -0.4 is 14.6 Å². The van der Waals surface area contributed by atoms with Crippen molar-refractivity contribution in [2.45, 2.75) is 0 Å². The Labute approximate surface area is 85.2 Å². The van der Waals surface area contributed by atoms with Crippen molar-refractivity contribution in [2.75, 3.05) is 14.2 Å². The number of nitrogens with two attached hydrogens (primary N) is 1. The van der Waals surface area contributed by atoms with E-state index in [0.717, 1.165) is 11.5 Å². The summed E-state index contributed by atoms with van der Waals surface area (Å²) in [5.74, 6) is 1.54. The second-order valence-electron chi connectivity index (χ2n) is 2.12. The third kappa shape index (κ3) is 5.52. The lowest BCUT2D eigenvalue weighted by molar-refractivity contribution is 0.355. The minimum absolute atomic E-state index is 0.769. The van der Waals surface area contributed by atoms with Crippen LogP contribution in [0.5, 0.6) is 11.5 Å². The monoisotopic (exact) mass is 218 g/mol. The Hall–Kier alpha value is -1.11. The fourth-order valence-corrected chi connectivity index (χ4v) is 0.787. The Balaban J connectivity index is 0.000000364. The molecule has 0 heterocycles. The number of hydrogen-bond acceptors (Lipinski definition) is 4. The maximum Gasteiger partial charge on any atom is 0.160 e. The third-order valence-corrected chi connectivity index (χ3v) is 1.29. The quantitative estimate of drug-likeness (QED) is 0.730. The molecule has 0 aromatic heterocycles. The Morgan fingerprint density at radius 3 is 1.71 bits per heavy atom. The van der Waals surface area contributed by atoms with Gasteiger partial charge in [-0.25, -0.2) is 0 Å². The predicted molar refractivity (Wildman–Crippen MR) is 52.7 cm³/mol. The van der Waals surface area contributed by atoms with Crippen LogP contribution in [-0.2, 0) is 11.3 Å². The van der Waals surface area contributed by atoms with E-state index in [1.54, 1.807) is 14.2 Å². The van der Waals surface area contributed by atoms with Gasteiger partial charge in [-0.05, 0) is 12.1 Å². The van der Waals surface area contributed by atoms with Crippen LogP contribution in [0.4, 0.5) is 0 Å². The van der Waals surface area contributed by atoms with Crippen molar-refractivity contribution in [3.8, 4) is 11.5 Å². The first-order valence-electron chi connectivity index (χ1n) is 3.62. The second kappa shape index (κ2) is 7.31. The van der Waals surface area contributed by atoms with Gasteiger partial charge in [-0.2, -0.15) is 0 Å². The van der Waals surface area contributed by atoms with Gasteiger partial charge in [0.25, 0.3) is 0 Å². The van der Waals surface area contributed by atoms with Crippen LogP contribution >= 0.6 is 0 Å². The van der Waals surface area contributed by atoms with Gasteiger partial charge >= 0.3 is 0 Å². The van der Waals surface area contributed by atoms with Crippen molar-refractivity contribution < 1.29 is 18.2 Å². The van der Waals surface area contributed by atoms with Crippen molar-refractivity contribution in [3.63, 3.8) is 0 Å². The molecule has 0 amide bonds. The molecule has 1 unspecified atom stereocenters. The van der Waals surface area contributed by atoms with Gasteiger partial charge in [0.2, 0.25) is 0 Å². The van der Waals surface area contributed by atoms with Crippen molar-refractivity contribution in [1.29, 1.82) is 0 Å². The molecular weight excluding hydrogens is 206 g/mol. The van der Waals surface area contributed by atoms with Crippen LogP contribution in [0.2, 0.25) is 0 Å². The molecule has 1 aromatic carbocycles. The van der Waals surface area contributed by atoms with Gasteiger partial charge in [-0.15, -0.1) is 0 Å². The molecule has 6 heteroatoms. The topological polar surface area (TPSA) is 84.6 Å². The summed E-state index contributed by atoms with van der Waals surface area (Å²) in [6, 6.07) is 7.53. The Bertz CT molecular complexity index is 265. The van der Waals surface area contributed by atoms with E-state index in [9.17, 15) is 0 Å². The first-order valence-corrected chi connectivity index (χ1v) is 4.76. The summed E-state index contributed by atoms with van der Waals surface area (Å²) in [5, 5.41) is 4.03. The van der Waals surface area contributed by atoms with E-state index in [1.807, 2.05) is 24.3 Å². The average molecular weight is 218 g/mol. The molecule has 1 aromatic rings. The van der Waals surface area contributed by atoms with Crippen molar-refractivity contribution in [3.05, 3.63) is 24.3 Å². The molecule has 0 fully saturated rings. The zero-order valence-corrected chi connectivity index (χ0v) is 8.74. The van der Waals surface area contributed by atoms with Crippen LogP contribution in [-0.4, -0.2) is 23.0 Å². The molecule has 1 atom stereocenters. The maximum absolute atomic E-state index is 8.78. The average Bonchev–Trinajstić information content (AvgIpc) is 2.17. The second-order valence-corrected chi connectivity index (χ2v) is 2.64. The van der Waals surface area contributed by atoms with E-state index in [4.69, 9.17) is 18.2 Å². The first kappa shape index (κ1) is 12.9. The van der Waals surface area contributed by atoms with Gasteiger partial charge < -0.3 is 14.0 Å². The molecule has 0 spiro atoms. The van der Waals surface area contributed by atoms with Crippen LogP contribution in [0.25, 0.3) is 0 Å². The molecule has 2 N–H and O–H groups in total. The molecule has 0 saturated heterocycles. The van der Waals surface area contributed by atoms with Crippen LogP contribution in [0.15, 0.2) is 24.3 Å². The minimum atomic E-state index is -2.36.